The minimum atomic E-state index is -2.81. The lowest BCUT2D eigenvalue weighted by Crippen LogP contribution is -2.58. The summed E-state index contributed by atoms with van der Waals surface area (Å²) in [6.45, 7) is -0.0411. The Hall–Kier alpha value is -4.79. The summed E-state index contributed by atoms with van der Waals surface area (Å²) in [5.41, 5.74) is 5.35. The van der Waals surface area contributed by atoms with Crippen LogP contribution in [0.1, 0.15) is 27.3 Å². The first-order valence-electron chi connectivity index (χ1n) is 12.0. The summed E-state index contributed by atoms with van der Waals surface area (Å²) in [6, 6.07) is 11.6. The normalized spacial score (nSPS) is 15.9. The van der Waals surface area contributed by atoms with Crippen LogP contribution in [-0.4, -0.2) is 61.1 Å². The second kappa shape index (κ2) is 8.95. The molecule has 2 aliphatic heterocycles. The molecule has 2 N–H and O–H groups in total. The van der Waals surface area contributed by atoms with Crippen molar-refractivity contribution in [3.05, 3.63) is 71.4 Å². The quantitative estimate of drug-likeness (QED) is 0.418. The summed E-state index contributed by atoms with van der Waals surface area (Å²) in [5, 5.41) is 19.6. The summed E-state index contributed by atoms with van der Waals surface area (Å²) < 4.78 is 28.3. The van der Waals surface area contributed by atoms with E-state index in [1.165, 1.54) is 11.1 Å². The molecule has 0 saturated carbocycles. The number of anilines is 3. The molecule has 10 nitrogen and oxygen atoms in total. The number of nitrogens with one attached hydrogen (secondary N) is 2. The molecule has 12 heteroatoms. The number of aromatic amines is 1. The Morgan fingerprint density at radius 3 is 2.66 bits per heavy atom. The van der Waals surface area contributed by atoms with Crippen molar-refractivity contribution in [2.45, 2.75) is 18.9 Å². The average Bonchev–Trinajstić information content (AvgIpc) is 3.56. The molecule has 0 bridgehead atoms. The minimum Gasteiger partial charge on any atom is -0.342 e. The second-order valence-corrected chi connectivity index (χ2v) is 9.48. The molecule has 6 rings (SSSR count). The highest BCUT2D eigenvalue weighted by atomic mass is 19.3. The Morgan fingerprint density at radius 2 is 1.97 bits per heavy atom. The maximum atomic E-state index is 13.3. The van der Waals surface area contributed by atoms with Crippen LogP contribution in [0.15, 0.2) is 48.9 Å². The summed E-state index contributed by atoms with van der Waals surface area (Å²) in [7, 11) is 1.77. The molecule has 0 unspecified atom stereocenters. The van der Waals surface area contributed by atoms with Crippen LogP contribution in [-0.2, 0) is 20.0 Å². The zero-order valence-electron chi connectivity index (χ0n) is 20.4. The highest BCUT2D eigenvalue weighted by Crippen LogP contribution is 2.31. The number of hydrogen-bond acceptors (Lipinski definition) is 7. The molecule has 0 spiro atoms. The molecular weight excluding hydrogens is 492 g/mol. The summed E-state index contributed by atoms with van der Waals surface area (Å²) in [6.07, 6.45) is 5.69. The smallest absolute Gasteiger partial charge is 0.282 e. The van der Waals surface area contributed by atoms with Crippen LogP contribution in [0.2, 0.25) is 0 Å². The van der Waals surface area contributed by atoms with Crippen molar-refractivity contribution in [2.75, 3.05) is 29.9 Å². The maximum absolute atomic E-state index is 13.3. The van der Waals surface area contributed by atoms with Gasteiger partial charge in [0.25, 0.3) is 11.8 Å². The lowest BCUT2D eigenvalue weighted by Gasteiger charge is -2.38. The van der Waals surface area contributed by atoms with Gasteiger partial charge in [-0.05, 0) is 35.7 Å². The lowest BCUT2D eigenvalue weighted by molar-refractivity contribution is -0.113. The highest BCUT2D eigenvalue weighted by molar-refractivity contribution is 5.94. The lowest BCUT2D eigenvalue weighted by atomic mass is 10.1. The van der Waals surface area contributed by atoms with Crippen molar-refractivity contribution < 1.29 is 13.6 Å². The first-order chi connectivity index (χ1) is 18.3. The third-order valence-electron chi connectivity index (χ3n) is 6.95. The number of rotatable bonds is 5. The van der Waals surface area contributed by atoms with Crippen molar-refractivity contribution >= 4 is 23.4 Å². The van der Waals surface area contributed by atoms with Gasteiger partial charge in [-0.1, -0.05) is 12.1 Å². The SMILES string of the molecule is Cn1c(C(=O)N2CC(F)(F)C2)cc2c1CN(c1ncc(C#N)c(Nc3ccc(-c4cn[nH]c4)cc3)n1)CC2. The van der Waals surface area contributed by atoms with Crippen molar-refractivity contribution in [1.29, 1.82) is 5.26 Å². The highest BCUT2D eigenvalue weighted by Gasteiger charge is 2.47. The van der Waals surface area contributed by atoms with Crippen molar-refractivity contribution in [2.24, 2.45) is 7.05 Å². The van der Waals surface area contributed by atoms with Crippen LogP contribution >= 0.6 is 0 Å². The van der Waals surface area contributed by atoms with Gasteiger partial charge < -0.3 is 19.7 Å². The molecule has 0 radical (unpaired) electrons. The molecule has 1 fully saturated rings. The summed E-state index contributed by atoms with van der Waals surface area (Å²) in [5.74, 6) is -2.36. The largest absolute Gasteiger partial charge is 0.342 e. The molecule has 0 atom stereocenters. The third-order valence-corrected chi connectivity index (χ3v) is 6.95. The topological polar surface area (TPSA) is 119 Å². The van der Waals surface area contributed by atoms with E-state index in [9.17, 15) is 18.8 Å². The maximum Gasteiger partial charge on any atom is 0.282 e. The van der Waals surface area contributed by atoms with E-state index in [2.05, 4.69) is 31.6 Å². The molecule has 192 valence electrons. The van der Waals surface area contributed by atoms with Gasteiger partial charge in [0.15, 0.2) is 5.82 Å². The third kappa shape index (κ3) is 4.21. The standard InChI is InChI=1S/C26H23F2N9O/c1-35-21(24(38)37-14-26(27,28)15-37)8-17-6-7-36(13-22(17)35)25-30-10-18(9-29)23(34-25)33-20-4-2-16(3-5-20)19-11-31-32-12-19/h2-5,8,10-12H,6-7,13-15H2,1H3,(H,31,32)(H,30,33,34). The fraction of sp³-hybridized carbons (Fsp3) is 0.269. The van der Waals surface area contributed by atoms with Crippen LogP contribution in [0, 0.1) is 11.3 Å². The summed E-state index contributed by atoms with van der Waals surface area (Å²) in [4.78, 5) is 25.0. The number of likely N-dealkylation sites (tertiary alicyclic amines) is 1. The number of carbonyl (C=O) groups is 1. The van der Waals surface area contributed by atoms with Crippen molar-refractivity contribution in [3.8, 4) is 17.2 Å². The predicted octanol–water partition coefficient (Wildman–Crippen LogP) is 3.47. The fourth-order valence-electron chi connectivity index (χ4n) is 4.83. The van der Waals surface area contributed by atoms with Gasteiger partial charge in [0.2, 0.25) is 5.95 Å². The number of halogens is 2. The van der Waals surface area contributed by atoms with Gasteiger partial charge in [-0.15, -0.1) is 0 Å². The summed E-state index contributed by atoms with van der Waals surface area (Å²) >= 11 is 0. The molecule has 5 heterocycles. The zero-order valence-corrected chi connectivity index (χ0v) is 20.4. The van der Waals surface area contributed by atoms with E-state index in [4.69, 9.17) is 0 Å². The first kappa shape index (κ1) is 23.6. The molecular formula is C26H23F2N9O. The number of H-pyrrole nitrogens is 1. The Labute approximate surface area is 216 Å². The van der Waals surface area contributed by atoms with E-state index in [1.807, 2.05) is 35.4 Å². The molecule has 0 aliphatic carbocycles. The monoisotopic (exact) mass is 515 g/mol. The van der Waals surface area contributed by atoms with Crippen molar-refractivity contribution in [3.63, 3.8) is 0 Å². The van der Waals surface area contributed by atoms with Gasteiger partial charge in [0.05, 0.1) is 32.0 Å². The van der Waals surface area contributed by atoms with Gasteiger partial charge in [-0.3, -0.25) is 9.89 Å². The number of carbonyl (C=O) groups excluding carboxylic acids is 1. The van der Waals surface area contributed by atoms with Crippen LogP contribution in [0.4, 0.5) is 26.2 Å². The van der Waals surface area contributed by atoms with E-state index in [0.717, 1.165) is 28.1 Å². The van der Waals surface area contributed by atoms with Gasteiger partial charge >= 0.3 is 0 Å². The van der Waals surface area contributed by atoms with E-state index < -0.39 is 19.0 Å². The van der Waals surface area contributed by atoms with Gasteiger partial charge in [-0.2, -0.15) is 15.3 Å². The molecule has 2 aliphatic rings. The van der Waals surface area contributed by atoms with Gasteiger partial charge in [0.1, 0.15) is 17.3 Å². The molecule has 1 aromatic carbocycles. The molecule has 1 saturated heterocycles. The molecule has 38 heavy (non-hydrogen) atoms. The van der Waals surface area contributed by atoms with Gasteiger partial charge in [-0.25, -0.2) is 13.8 Å². The predicted molar refractivity (Wildman–Crippen MR) is 135 cm³/mol. The van der Waals surface area contributed by atoms with Crippen LogP contribution in [0.3, 0.4) is 0 Å². The van der Waals surface area contributed by atoms with E-state index in [1.54, 1.807) is 23.9 Å². The van der Waals surface area contributed by atoms with Crippen LogP contribution in [0.5, 0.6) is 0 Å². The van der Waals surface area contributed by atoms with E-state index in [-0.39, 0.29) is 5.91 Å². The Balaban J connectivity index is 1.21. The number of benzene rings is 1. The number of hydrogen-bond donors (Lipinski definition) is 2. The molecule has 1 amide bonds. The Kier molecular flexibility index (Phi) is 5.56. The Morgan fingerprint density at radius 1 is 1.18 bits per heavy atom. The number of aromatic nitrogens is 5. The number of amides is 1. The van der Waals surface area contributed by atoms with Crippen LogP contribution in [0.25, 0.3) is 11.1 Å². The second-order valence-electron chi connectivity index (χ2n) is 9.48. The minimum absolute atomic E-state index is 0.309. The number of nitrogens with zero attached hydrogens (tertiary/aromatic N) is 7. The van der Waals surface area contributed by atoms with E-state index in [0.29, 0.717) is 42.5 Å². The molecule has 4 aromatic rings. The first-order valence-corrected chi connectivity index (χ1v) is 12.0. The number of fused-ring (bicyclic) bond motifs is 1. The van der Waals surface area contributed by atoms with Crippen LogP contribution < -0.4 is 10.2 Å². The van der Waals surface area contributed by atoms with E-state index >= 15 is 0 Å². The van der Waals surface area contributed by atoms with Crippen molar-refractivity contribution in [1.82, 2.24) is 29.6 Å². The number of alkyl halides is 2. The average molecular weight is 516 g/mol. The molecule has 3 aromatic heterocycles. The van der Waals surface area contributed by atoms with Gasteiger partial charge in [0, 0.05) is 36.7 Å². The number of nitriles is 1. The zero-order chi connectivity index (χ0) is 26.4. The fourth-order valence-corrected chi connectivity index (χ4v) is 4.83. The Bertz CT molecular complexity index is 1550.